The van der Waals surface area contributed by atoms with Crippen LogP contribution in [-0.4, -0.2) is 19.0 Å². The Morgan fingerprint density at radius 3 is 2.67 bits per heavy atom. The molecule has 2 N–H and O–H groups in total. The molecule has 1 aliphatic carbocycles. The average molecular weight is 267 g/mol. The van der Waals surface area contributed by atoms with Crippen LogP contribution in [0, 0.1) is 0 Å². The highest BCUT2D eigenvalue weighted by Crippen LogP contribution is 2.27. The van der Waals surface area contributed by atoms with Crippen molar-refractivity contribution in [2.45, 2.75) is 38.1 Å². The normalized spacial score (nSPS) is 16.3. The average Bonchev–Trinajstić information content (AvgIpc) is 2.41. The number of nitrogens with one attached hydrogen (secondary N) is 2. The monoisotopic (exact) mass is 266 g/mol. The van der Waals surface area contributed by atoms with E-state index in [4.69, 9.17) is 11.6 Å². The van der Waals surface area contributed by atoms with Crippen molar-refractivity contribution in [3.63, 3.8) is 0 Å². The lowest BCUT2D eigenvalue weighted by Crippen LogP contribution is -2.23. The number of hydrogen-bond donors (Lipinski definition) is 2. The van der Waals surface area contributed by atoms with Crippen LogP contribution in [0.4, 0.5) is 5.69 Å². The molecule has 1 aliphatic rings. The summed E-state index contributed by atoms with van der Waals surface area (Å²) >= 11 is 6.17. The number of halogens is 1. The van der Waals surface area contributed by atoms with Crippen molar-refractivity contribution < 1.29 is 4.79 Å². The number of anilines is 1. The van der Waals surface area contributed by atoms with Gasteiger partial charge < -0.3 is 10.6 Å². The van der Waals surface area contributed by atoms with Gasteiger partial charge in [-0.15, -0.1) is 0 Å². The predicted molar refractivity (Wildman–Crippen MR) is 75.3 cm³/mol. The summed E-state index contributed by atoms with van der Waals surface area (Å²) in [6.07, 6.45) is 6.22. The second-order valence-corrected chi connectivity index (χ2v) is 5.16. The summed E-state index contributed by atoms with van der Waals surface area (Å²) in [5.41, 5.74) is 1.50. The molecule has 1 fully saturated rings. The van der Waals surface area contributed by atoms with Crippen molar-refractivity contribution in [1.29, 1.82) is 0 Å². The van der Waals surface area contributed by atoms with Gasteiger partial charge in [-0.05, 0) is 31.0 Å². The van der Waals surface area contributed by atoms with E-state index in [2.05, 4.69) is 10.6 Å². The van der Waals surface area contributed by atoms with Gasteiger partial charge in [0, 0.05) is 18.7 Å². The van der Waals surface area contributed by atoms with Crippen LogP contribution in [0.5, 0.6) is 0 Å². The van der Waals surface area contributed by atoms with Gasteiger partial charge >= 0.3 is 0 Å². The molecular weight excluding hydrogens is 248 g/mol. The number of carbonyl (C=O) groups excluding carboxylic acids is 1. The van der Waals surface area contributed by atoms with E-state index in [1.807, 2.05) is 6.07 Å². The molecule has 2 rings (SSSR count). The fourth-order valence-corrected chi connectivity index (χ4v) is 2.56. The van der Waals surface area contributed by atoms with Gasteiger partial charge in [-0.2, -0.15) is 0 Å². The summed E-state index contributed by atoms with van der Waals surface area (Å²) in [4.78, 5) is 11.6. The molecule has 18 heavy (non-hydrogen) atoms. The predicted octanol–water partition coefficient (Wildman–Crippen LogP) is 3.44. The lowest BCUT2D eigenvalue weighted by molar-refractivity contribution is 0.0963. The van der Waals surface area contributed by atoms with Crippen LogP contribution in [0.15, 0.2) is 18.2 Å². The Hall–Kier alpha value is -1.22. The van der Waals surface area contributed by atoms with E-state index in [9.17, 15) is 4.79 Å². The van der Waals surface area contributed by atoms with E-state index in [-0.39, 0.29) is 5.91 Å². The maximum atomic E-state index is 11.6. The molecule has 1 amide bonds. The van der Waals surface area contributed by atoms with Crippen LogP contribution < -0.4 is 10.6 Å². The number of hydrogen-bond acceptors (Lipinski definition) is 2. The van der Waals surface area contributed by atoms with E-state index in [1.165, 1.54) is 32.1 Å². The minimum absolute atomic E-state index is 0.0849. The van der Waals surface area contributed by atoms with Gasteiger partial charge in [-0.1, -0.05) is 30.9 Å². The van der Waals surface area contributed by atoms with Crippen molar-refractivity contribution in [3.8, 4) is 0 Å². The molecule has 4 heteroatoms. The molecule has 1 saturated carbocycles. The lowest BCUT2D eigenvalue weighted by Gasteiger charge is -2.24. The highest BCUT2D eigenvalue weighted by atomic mass is 35.5. The van der Waals surface area contributed by atoms with Gasteiger partial charge in [0.2, 0.25) is 0 Å². The fraction of sp³-hybridized carbons (Fsp3) is 0.500. The molecule has 0 saturated heterocycles. The lowest BCUT2D eigenvalue weighted by atomic mass is 9.95. The Morgan fingerprint density at radius 2 is 2.00 bits per heavy atom. The summed E-state index contributed by atoms with van der Waals surface area (Å²) in [5.74, 6) is -0.0849. The Kier molecular flexibility index (Phi) is 4.48. The van der Waals surface area contributed by atoms with Crippen LogP contribution >= 0.6 is 11.6 Å². The number of carbonyl (C=O) groups is 1. The molecule has 1 aromatic rings. The van der Waals surface area contributed by atoms with Gasteiger partial charge in [0.15, 0.2) is 0 Å². The highest BCUT2D eigenvalue weighted by Gasteiger charge is 2.15. The van der Waals surface area contributed by atoms with Crippen LogP contribution in [0.1, 0.15) is 42.5 Å². The Labute approximate surface area is 113 Å². The maximum Gasteiger partial charge on any atom is 0.251 e. The second kappa shape index (κ2) is 6.10. The third-order valence-electron chi connectivity index (χ3n) is 3.42. The van der Waals surface area contributed by atoms with Crippen LogP contribution in [-0.2, 0) is 0 Å². The Bertz CT molecular complexity index is 428. The van der Waals surface area contributed by atoms with E-state index >= 15 is 0 Å². The van der Waals surface area contributed by atoms with Crippen molar-refractivity contribution >= 4 is 23.2 Å². The van der Waals surface area contributed by atoms with E-state index in [0.717, 1.165) is 5.69 Å². The smallest absolute Gasteiger partial charge is 0.251 e. The molecule has 98 valence electrons. The first-order valence-electron chi connectivity index (χ1n) is 6.49. The van der Waals surface area contributed by atoms with Gasteiger partial charge in [0.1, 0.15) is 0 Å². The molecule has 0 heterocycles. The van der Waals surface area contributed by atoms with Crippen molar-refractivity contribution in [3.05, 3.63) is 28.8 Å². The quantitative estimate of drug-likeness (QED) is 0.880. The SMILES string of the molecule is CNC(=O)c1ccc(Cl)c(NC2CCCCC2)c1. The summed E-state index contributed by atoms with van der Waals surface area (Å²) in [6.45, 7) is 0. The largest absolute Gasteiger partial charge is 0.381 e. The second-order valence-electron chi connectivity index (χ2n) is 4.75. The first-order valence-corrected chi connectivity index (χ1v) is 6.86. The molecule has 0 bridgehead atoms. The van der Waals surface area contributed by atoms with Gasteiger partial charge in [-0.25, -0.2) is 0 Å². The molecule has 1 aromatic carbocycles. The zero-order valence-electron chi connectivity index (χ0n) is 10.6. The molecule has 3 nitrogen and oxygen atoms in total. The fourth-order valence-electron chi connectivity index (χ4n) is 2.39. The Morgan fingerprint density at radius 1 is 1.28 bits per heavy atom. The highest BCUT2D eigenvalue weighted by molar-refractivity contribution is 6.33. The minimum Gasteiger partial charge on any atom is -0.381 e. The summed E-state index contributed by atoms with van der Waals surface area (Å²) in [6, 6.07) is 5.83. The molecule has 0 atom stereocenters. The number of benzene rings is 1. The molecule has 0 unspecified atom stereocenters. The number of amides is 1. The molecule has 0 radical (unpaired) electrons. The number of rotatable bonds is 3. The Balaban J connectivity index is 2.12. The van der Waals surface area contributed by atoms with Gasteiger partial charge in [-0.3, -0.25) is 4.79 Å². The maximum absolute atomic E-state index is 11.6. The van der Waals surface area contributed by atoms with Crippen LogP contribution in [0.2, 0.25) is 5.02 Å². The molecule has 0 aromatic heterocycles. The van der Waals surface area contributed by atoms with E-state index in [1.54, 1.807) is 19.2 Å². The van der Waals surface area contributed by atoms with E-state index < -0.39 is 0 Å². The van der Waals surface area contributed by atoms with Gasteiger partial charge in [0.25, 0.3) is 5.91 Å². The van der Waals surface area contributed by atoms with Crippen LogP contribution in [0.3, 0.4) is 0 Å². The first-order chi connectivity index (χ1) is 8.70. The standard InChI is InChI=1S/C14H19ClN2O/c1-16-14(18)10-7-8-12(15)13(9-10)17-11-5-3-2-4-6-11/h7-9,11,17H,2-6H2,1H3,(H,16,18). The summed E-state index contributed by atoms with van der Waals surface area (Å²) < 4.78 is 0. The summed E-state index contributed by atoms with van der Waals surface area (Å²) in [7, 11) is 1.63. The van der Waals surface area contributed by atoms with Crippen molar-refractivity contribution in [1.82, 2.24) is 5.32 Å². The zero-order chi connectivity index (χ0) is 13.0. The van der Waals surface area contributed by atoms with Crippen LogP contribution in [0.25, 0.3) is 0 Å². The third kappa shape index (κ3) is 3.16. The minimum atomic E-state index is -0.0849. The summed E-state index contributed by atoms with van der Waals surface area (Å²) in [5, 5.41) is 6.75. The van der Waals surface area contributed by atoms with Crippen molar-refractivity contribution in [2.75, 3.05) is 12.4 Å². The molecular formula is C14H19ClN2O. The zero-order valence-corrected chi connectivity index (χ0v) is 11.4. The first kappa shape index (κ1) is 13.2. The topological polar surface area (TPSA) is 41.1 Å². The van der Waals surface area contributed by atoms with Gasteiger partial charge in [0.05, 0.1) is 10.7 Å². The van der Waals surface area contributed by atoms with E-state index in [0.29, 0.717) is 16.6 Å². The van der Waals surface area contributed by atoms with Crippen molar-refractivity contribution in [2.24, 2.45) is 0 Å². The molecule has 0 aliphatic heterocycles. The third-order valence-corrected chi connectivity index (χ3v) is 3.75. The molecule has 0 spiro atoms.